The molecule has 1 amide bonds. The van der Waals surface area contributed by atoms with Crippen LogP contribution >= 0.6 is 23.8 Å². The molecule has 0 atom stereocenters. The summed E-state index contributed by atoms with van der Waals surface area (Å²) in [7, 11) is 0. The fourth-order valence-corrected chi connectivity index (χ4v) is 2.40. The number of benzene rings is 1. The first kappa shape index (κ1) is 17.0. The number of carbonyl (C=O) groups excluding carboxylic acids is 1. The third kappa shape index (κ3) is 5.79. The van der Waals surface area contributed by atoms with Gasteiger partial charge in [-0.3, -0.25) is 4.79 Å². The molecule has 0 bridgehead atoms. The van der Waals surface area contributed by atoms with Crippen molar-refractivity contribution in [2.45, 2.75) is 12.8 Å². The van der Waals surface area contributed by atoms with Crippen LogP contribution in [-0.4, -0.2) is 48.8 Å². The predicted molar refractivity (Wildman–Crippen MR) is 89.3 cm³/mol. The molecule has 0 radical (unpaired) electrons. The maximum absolute atomic E-state index is 11.8. The predicted octanol–water partition coefficient (Wildman–Crippen LogP) is 2.23. The third-order valence-electron chi connectivity index (χ3n) is 3.18. The van der Waals surface area contributed by atoms with Crippen LogP contribution in [0.25, 0.3) is 0 Å². The van der Waals surface area contributed by atoms with Crippen molar-refractivity contribution in [1.82, 2.24) is 10.2 Å². The van der Waals surface area contributed by atoms with E-state index in [4.69, 9.17) is 33.3 Å². The van der Waals surface area contributed by atoms with Crippen molar-refractivity contribution in [3.63, 3.8) is 0 Å². The summed E-state index contributed by atoms with van der Waals surface area (Å²) in [6.45, 7) is 3.20. The SMILES string of the molecule is O=C(CCCOc1ccc(Cl)cc1)NC(=S)N1CCOCC1. The van der Waals surface area contributed by atoms with Crippen LogP contribution in [0, 0.1) is 0 Å². The Labute approximate surface area is 140 Å². The highest BCUT2D eigenvalue weighted by Gasteiger charge is 2.15. The number of ether oxygens (including phenoxy) is 2. The Hall–Kier alpha value is -1.37. The van der Waals surface area contributed by atoms with Gasteiger partial charge in [-0.15, -0.1) is 0 Å². The molecule has 5 nitrogen and oxygen atoms in total. The van der Waals surface area contributed by atoms with Gasteiger partial charge in [0.2, 0.25) is 5.91 Å². The number of morpholine rings is 1. The van der Waals surface area contributed by atoms with E-state index in [-0.39, 0.29) is 5.91 Å². The molecule has 1 aromatic rings. The van der Waals surface area contributed by atoms with E-state index in [9.17, 15) is 4.79 Å². The molecule has 1 heterocycles. The van der Waals surface area contributed by atoms with E-state index in [1.165, 1.54) is 0 Å². The Balaban J connectivity index is 1.61. The number of hydrogen-bond donors (Lipinski definition) is 1. The lowest BCUT2D eigenvalue weighted by Crippen LogP contribution is -2.47. The van der Waals surface area contributed by atoms with Gasteiger partial charge < -0.3 is 19.7 Å². The Kier molecular flexibility index (Phi) is 6.89. The normalized spacial score (nSPS) is 14.5. The van der Waals surface area contributed by atoms with Crippen molar-refractivity contribution < 1.29 is 14.3 Å². The number of nitrogens with zero attached hydrogens (tertiary/aromatic N) is 1. The van der Waals surface area contributed by atoms with E-state index in [0.717, 1.165) is 18.8 Å². The van der Waals surface area contributed by atoms with Crippen molar-refractivity contribution in [3.05, 3.63) is 29.3 Å². The van der Waals surface area contributed by atoms with Gasteiger partial charge in [-0.2, -0.15) is 0 Å². The van der Waals surface area contributed by atoms with E-state index in [1.54, 1.807) is 24.3 Å². The molecule has 1 N–H and O–H groups in total. The maximum Gasteiger partial charge on any atom is 0.226 e. The van der Waals surface area contributed by atoms with E-state index in [1.807, 2.05) is 4.90 Å². The van der Waals surface area contributed by atoms with Gasteiger partial charge in [0, 0.05) is 24.5 Å². The molecule has 1 aliphatic rings. The quantitative estimate of drug-likeness (QED) is 0.657. The van der Waals surface area contributed by atoms with E-state index in [2.05, 4.69) is 5.32 Å². The van der Waals surface area contributed by atoms with Crippen LogP contribution in [0.4, 0.5) is 0 Å². The minimum absolute atomic E-state index is 0.0869. The molecule has 1 aromatic carbocycles. The first-order chi connectivity index (χ1) is 10.6. The van der Waals surface area contributed by atoms with E-state index in [0.29, 0.717) is 42.8 Å². The summed E-state index contributed by atoms with van der Waals surface area (Å²) in [5, 5.41) is 3.89. The second-order valence-corrected chi connectivity index (χ2v) is 5.68. The van der Waals surface area contributed by atoms with Gasteiger partial charge in [-0.25, -0.2) is 0 Å². The summed E-state index contributed by atoms with van der Waals surface area (Å²) in [6, 6.07) is 7.14. The molecule has 0 unspecified atom stereocenters. The zero-order valence-electron chi connectivity index (χ0n) is 12.2. The van der Waals surface area contributed by atoms with Gasteiger partial charge >= 0.3 is 0 Å². The largest absolute Gasteiger partial charge is 0.494 e. The Morgan fingerprint density at radius 1 is 1.32 bits per heavy atom. The first-order valence-electron chi connectivity index (χ1n) is 7.20. The van der Waals surface area contributed by atoms with Crippen molar-refractivity contribution in [3.8, 4) is 5.75 Å². The third-order valence-corrected chi connectivity index (χ3v) is 3.79. The number of amides is 1. The lowest BCUT2D eigenvalue weighted by Gasteiger charge is -2.28. The number of carbonyl (C=O) groups is 1. The molecule has 0 aromatic heterocycles. The Morgan fingerprint density at radius 3 is 2.68 bits per heavy atom. The lowest BCUT2D eigenvalue weighted by atomic mass is 10.3. The smallest absolute Gasteiger partial charge is 0.226 e. The molecule has 1 aliphatic heterocycles. The van der Waals surface area contributed by atoms with Crippen LogP contribution < -0.4 is 10.1 Å². The van der Waals surface area contributed by atoms with Gasteiger partial charge in [-0.1, -0.05) is 11.6 Å². The average Bonchev–Trinajstić information content (AvgIpc) is 2.54. The molecule has 0 spiro atoms. The van der Waals surface area contributed by atoms with Crippen LogP contribution in [0.2, 0.25) is 5.02 Å². The highest BCUT2D eigenvalue weighted by atomic mass is 35.5. The summed E-state index contributed by atoms with van der Waals surface area (Å²) in [5.41, 5.74) is 0. The van der Waals surface area contributed by atoms with E-state index < -0.39 is 0 Å². The molecule has 0 saturated carbocycles. The zero-order chi connectivity index (χ0) is 15.8. The summed E-state index contributed by atoms with van der Waals surface area (Å²) in [6.07, 6.45) is 0.998. The second-order valence-electron chi connectivity index (χ2n) is 4.86. The summed E-state index contributed by atoms with van der Waals surface area (Å²) in [5.74, 6) is 0.657. The monoisotopic (exact) mass is 342 g/mol. The minimum Gasteiger partial charge on any atom is -0.494 e. The molecule has 1 saturated heterocycles. The van der Waals surface area contributed by atoms with Gasteiger partial charge in [0.05, 0.1) is 19.8 Å². The summed E-state index contributed by atoms with van der Waals surface area (Å²) >= 11 is 11.0. The van der Waals surface area contributed by atoms with Gasteiger partial charge in [0.25, 0.3) is 0 Å². The molecule has 120 valence electrons. The van der Waals surface area contributed by atoms with Gasteiger partial charge in [0.15, 0.2) is 5.11 Å². The summed E-state index contributed by atoms with van der Waals surface area (Å²) < 4.78 is 10.8. The fourth-order valence-electron chi connectivity index (χ4n) is 1.98. The van der Waals surface area contributed by atoms with Crippen LogP contribution in [0.15, 0.2) is 24.3 Å². The highest BCUT2D eigenvalue weighted by Crippen LogP contribution is 2.15. The van der Waals surface area contributed by atoms with Crippen molar-refractivity contribution >= 4 is 34.8 Å². The molecule has 2 rings (SSSR count). The lowest BCUT2D eigenvalue weighted by molar-refractivity contribution is -0.120. The molecule has 7 heteroatoms. The zero-order valence-corrected chi connectivity index (χ0v) is 13.8. The first-order valence-corrected chi connectivity index (χ1v) is 7.98. The molecule has 0 aliphatic carbocycles. The molecular weight excluding hydrogens is 324 g/mol. The number of hydrogen-bond acceptors (Lipinski definition) is 4. The fraction of sp³-hybridized carbons (Fsp3) is 0.467. The standard InChI is InChI=1S/C15H19ClN2O3S/c16-12-3-5-13(6-4-12)21-9-1-2-14(19)17-15(22)18-7-10-20-11-8-18/h3-6H,1-2,7-11H2,(H,17,19,22). The van der Waals surface area contributed by atoms with Crippen LogP contribution in [0.5, 0.6) is 5.75 Å². The van der Waals surface area contributed by atoms with Crippen LogP contribution in [0.3, 0.4) is 0 Å². The van der Waals surface area contributed by atoms with Crippen molar-refractivity contribution in [2.75, 3.05) is 32.9 Å². The number of halogens is 1. The topological polar surface area (TPSA) is 50.8 Å². The number of rotatable bonds is 5. The maximum atomic E-state index is 11.8. The van der Waals surface area contributed by atoms with E-state index >= 15 is 0 Å². The van der Waals surface area contributed by atoms with Gasteiger partial charge in [-0.05, 0) is 42.9 Å². The van der Waals surface area contributed by atoms with Crippen LogP contribution in [-0.2, 0) is 9.53 Å². The molecular formula is C15H19ClN2O3S. The number of nitrogens with one attached hydrogen (secondary N) is 1. The second kappa shape index (κ2) is 8.92. The Bertz CT molecular complexity index is 504. The minimum atomic E-state index is -0.0869. The van der Waals surface area contributed by atoms with Crippen molar-refractivity contribution in [2.24, 2.45) is 0 Å². The summed E-state index contributed by atoms with van der Waals surface area (Å²) in [4.78, 5) is 13.8. The Morgan fingerprint density at radius 2 is 2.00 bits per heavy atom. The van der Waals surface area contributed by atoms with Gasteiger partial charge in [0.1, 0.15) is 5.75 Å². The van der Waals surface area contributed by atoms with Crippen LogP contribution in [0.1, 0.15) is 12.8 Å². The highest BCUT2D eigenvalue weighted by molar-refractivity contribution is 7.80. The van der Waals surface area contributed by atoms with Crippen molar-refractivity contribution in [1.29, 1.82) is 0 Å². The molecule has 1 fully saturated rings. The average molecular weight is 343 g/mol. The number of thiocarbonyl (C=S) groups is 1. The molecule has 22 heavy (non-hydrogen) atoms.